The first-order valence-corrected chi connectivity index (χ1v) is 5.39. The Morgan fingerprint density at radius 2 is 2.36 bits per heavy atom. The maximum atomic E-state index is 11.5. The molecule has 0 atom stereocenters. The minimum Gasteiger partial charge on any atom is -0.496 e. The Labute approximate surface area is 87.7 Å². The fourth-order valence-corrected chi connectivity index (χ4v) is 1.73. The van der Waals surface area contributed by atoms with Crippen molar-refractivity contribution in [2.45, 2.75) is 13.3 Å². The number of rotatable bonds is 6. The number of hydrogen-bond donors (Lipinski definition) is 0. The van der Waals surface area contributed by atoms with Crippen molar-refractivity contribution < 1.29 is 14.3 Å². The van der Waals surface area contributed by atoms with Gasteiger partial charge in [0.15, 0.2) is 5.78 Å². The second-order valence-corrected chi connectivity index (χ2v) is 3.74. The van der Waals surface area contributed by atoms with Crippen molar-refractivity contribution in [3.05, 3.63) is 16.3 Å². The highest BCUT2D eigenvalue weighted by Gasteiger charge is 2.09. The maximum absolute atomic E-state index is 11.5. The molecule has 0 aliphatic carbocycles. The van der Waals surface area contributed by atoms with Crippen molar-refractivity contribution in [2.75, 3.05) is 20.3 Å². The van der Waals surface area contributed by atoms with Crippen molar-refractivity contribution in [3.63, 3.8) is 0 Å². The van der Waals surface area contributed by atoms with Crippen LogP contribution in [0, 0.1) is 0 Å². The summed E-state index contributed by atoms with van der Waals surface area (Å²) >= 11 is 1.39. The van der Waals surface area contributed by atoms with Crippen LogP contribution in [0.5, 0.6) is 5.75 Å². The number of thiophene rings is 1. The molecule has 0 amide bonds. The minimum atomic E-state index is 0.0201. The first-order valence-electron chi connectivity index (χ1n) is 4.51. The Morgan fingerprint density at radius 1 is 1.57 bits per heavy atom. The van der Waals surface area contributed by atoms with Crippen LogP contribution in [0.4, 0.5) is 0 Å². The molecule has 0 fully saturated rings. The van der Waals surface area contributed by atoms with Gasteiger partial charge in [0.2, 0.25) is 0 Å². The van der Waals surface area contributed by atoms with E-state index < -0.39 is 0 Å². The van der Waals surface area contributed by atoms with Gasteiger partial charge in [-0.15, -0.1) is 11.3 Å². The molecule has 0 N–H and O–H groups in total. The lowest BCUT2D eigenvalue weighted by Crippen LogP contribution is -2.07. The zero-order valence-corrected chi connectivity index (χ0v) is 9.23. The van der Waals surface area contributed by atoms with Gasteiger partial charge in [-0.25, -0.2) is 0 Å². The Bertz CT molecular complexity index is 293. The lowest BCUT2D eigenvalue weighted by Gasteiger charge is -1.98. The molecule has 1 rings (SSSR count). The van der Waals surface area contributed by atoms with E-state index in [1.165, 1.54) is 11.3 Å². The van der Waals surface area contributed by atoms with Gasteiger partial charge in [0.1, 0.15) is 12.4 Å². The third kappa shape index (κ3) is 3.12. The van der Waals surface area contributed by atoms with Gasteiger partial charge >= 0.3 is 0 Å². The van der Waals surface area contributed by atoms with E-state index in [0.29, 0.717) is 11.5 Å². The first kappa shape index (κ1) is 11.2. The van der Waals surface area contributed by atoms with Crippen molar-refractivity contribution in [1.29, 1.82) is 0 Å². The molecule has 4 heteroatoms. The molecule has 1 aromatic heterocycles. The largest absolute Gasteiger partial charge is 0.496 e. The summed E-state index contributed by atoms with van der Waals surface area (Å²) in [5.41, 5.74) is 0. The van der Waals surface area contributed by atoms with Gasteiger partial charge in [-0.1, -0.05) is 6.92 Å². The lowest BCUT2D eigenvalue weighted by atomic mass is 10.3. The quantitative estimate of drug-likeness (QED) is 0.538. The summed E-state index contributed by atoms with van der Waals surface area (Å²) in [5, 5.41) is 1.81. The number of ketones is 1. The average Bonchev–Trinajstić information content (AvgIpc) is 2.66. The molecule has 1 heterocycles. The van der Waals surface area contributed by atoms with Crippen LogP contribution in [0.2, 0.25) is 0 Å². The van der Waals surface area contributed by atoms with Crippen LogP contribution in [-0.2, 0) is 4.74 Å². The van der Waals surface area contributed by atoms with Crippen molar-refractivity contribution >= 4 is 17.1 Å². The molecule has 78 valence electrons. The van der Waals surface area contributed by atoms with E-state index in [0.717, 1.165) is 12.2 Å². The van der Waals surface area contributed by atoms with E-state index in [-0.39, 0.29) is 12.4 Å². The molecule has 0 radical (unpaired) electrons. The Balaban J connectivity index is 2.44. The smallest absolute Gasteiger partial charge is 0.198 e. The highest BCUT2D eigenvalue weighted by atomic mass is 32.1. The molecule has 14 heavy (non-hydrogen) atoms. The van der Waals surface area contributed by atoms with Crippen LogP contribution >= 0.6 is 11.3 Å². The molecule has 0 saturated heterocycles. The second kappa shape index (κ2) is 5.78. The third-order valence-electron chi connectivity index (χ3n) is 1.67. The fraction of sp³-hybridized carbons (Fsp3) is 0.500. The predicted octanol–water partition coefficient (Wildman–Crippen LogP) is 2.37. The number of Topliss-reactive ketones (excluding diaryl/α,β-unsaturated/α-hetero) is 1. The normalized spacial score (nSPS) is 10.1. The minimum absolute atomic E-state index is 0.0201. The maximum Gasteiger partial charge on any atom is 0.198 e. The summed E-state index contributed by atoms with van der Waals surface area (Å²) < 4.78 is 10.1. The molecule has 1 aromatic rings. The van der Waals surface area contributed by atoms with Crippen LogP contribution in [0.3, 0.4) is 0 Å². The monoisotopic (exact) mass is 214 g/mol. The van der Waals surface area contributed by atoms with E-state index in [4.69, 9.17) is 9.47 Å². The summed E-state index contributed by atoms with van der Waals surface area (Å²) in [6, 6.07) is 1.74. The third-order valence-corrected chi connectivity index (χ3v) is 2.62. The molecular weight excluding hydrogens is 200 g/mol. The molecule has 0 aliphatic rings. The zero-order valence-electron chi connectivity index (χ0n) is 8.41. The van der Waals surface area contributed by atoms with Crippen LogP contribution in [0.15, 0.2) is 11.4 Å². The molecule has 0 aromatic carbocycles. The summed E-state index contributed by atoms with van der Waals surface area (Å²) in [6.45, 7) is 2.81. The van der Waals surface area contributed by atoms with Crippen LogP contribution in [-0.4, -0.2) is 26.1 Å². The van der Waals surface area contributed by atoms with E-state index >= 15 is 0 Å². The van der Waals surface area contributed by atoms with Crippen LogP contribution in [0.25, 0.3) is 0 Å². The van der Waals surface area contributed by atoms with Gasteiger partial charge in [-0.2, -0.15) is 0 Å². The van der Waals surface area contributed by atoms with Crippen LogP contribution in [0.1, 0.15) is 23.0 Å². The summed E-state index contributed by atoms with van der Waals surface area (Å²) in [7, 11) is 1.59. The summed E-state index contributed by atoms with van der Waals surface area (Å²) in [6.07, 6.45) is 0.932. The summed E-state index contributed by atoms with van der Waals surface area (Å²) in [4.78, 5) is 12.2. The number of carbonyl (C=O) groups excluding carboxylic acids is 1. The highest BCUT2D eigenvalue weighted by molar-refractivity contribution is 7.12. The molecule has 3 nitrogen and oxygen atoms in total. The Morgan fingerprint density at radius 3 is 2.93 bits per heavy atom. The number of ether oxygens (including phenoxy) is 2. The van der Waals surface area contributed by atoms with E-state index in [2.05, 4.69) is 0 Å². The van der Waals surface area contributed by atoms with Crippen LogP contribution < -0.4 is 4.74 Å². The Kier molecular flexibility index (Phi) is 4.62. The van der Waals surface area contributed by atoms with E-state index in [1.54, 1.807) is 13.2 Å². The zero-order chi connectivity index (χ0) is 10.4. The van der Waals surface area contributed by atoms with Gasteiger partial charge in [-0.05, 0) is 6.42 Å². The molecule has 0 saturated carbocycles. The summed E-state index contributed by atoms with van der Waals surface area (Å²) in [5.74, 6) is 0.751. The van der Waals surface area contributed by atoms with E-state index in [1.807, 2.05) is 12.3 Å². The second-order valence-electron chi connectivity index (χ2n) is 2.83. The molecule has 0 aliphatic heterocycles. The molecule has 0 spiro atoms. The Hall–Kier alpha value is -0.870. The first-order chi connectivity index (χ1) is 6.77. The van der Waals surface area contributed by atoms with E-state index in [9.17, 15) is 4.79 Å². The number of carbonyl (C=O) groups is 1. The number of hydrogen-bond acceptors (Lipinski definition) is 4. The predicted molar refractivity (Wildman–Crippen MR) is 56.3 cm³/mol. The molecule has 0 unspecified atom stereocenters. The topological polar surface area (TPSA) is 35.5 Å². The average molecular weight is 214 g/mol. The standard InChI is InChI=1S/C10H14O3S/c1-3-4-13-6-9(11)10-5-8(12-2)7-14-10/h5,7H,3-4,6H2,1-2H3. The van der Waals surface area contributed by atoms with Crippen molar-refractivity contribution in [1.82, 2.24) is 0 Å². The number of methoxy groups -OCH3 is 1. The van der Waals surface area contributed by atoms with Gasteiger partial charge < -0.3 is 9.47 Å². The SMILES string of the molecule is CCCOCC(=O)c1cc(OC)cs1. The molecule has 0 bridgehead atoms. The van der Waals surface area contributed by atoms with Gasteiger partial charge in [0, 0.05) is 18.1 Å². The van der Waals surface area contributed by atoms with Gasteiger partial charge in [0.05, 0.1) is 12.0 Å². The van der Waals surface area contributed by atoms with Gasteiger partial charge in [0.25, 0.3) is 0 Å². The van der Waals surface area contributed by atoms with Gasteiger partial charge in [-0.3, -0.25) is 4.79 Å². The lowest BCUT2D eigenvalue weighted by molar-refractivity contribution is 0.0765. The van der Waals surface area contributed by atoms with Crippen molar-refractivity contribution in [2.24, 2.45) is 0 Å². The van der Waals surface area contributed by atoms with Crippen molar-refractivity contribution in [3.8, 4) is 5.75 Å². The molecular formula is C10H14O3S. The highest BCUT2D eigenvalue weighted by Crippen LogP contribution is 2.21. The fourth-order valence-electron chi connectivity index (χ4n) is 0.952.